The van der Waals surface area contributed by atoms with Gasteiger partial charge >= 0.3 is 6.18 Å². The molecule has 1 aliphatic heterocycles. The Morgan fingerprint density at radius 1 is 1.30 bits per heavy atom. The van der Waals surface area contributed by atoms with Gasteiger partial charge in [-0.3, -0.25) is 4.90 Å². The molecule has 0 radical (unpaired) electrons. The van der Waals surface area contributed by atoms with Crippen LogP contribution in [-0.4, -0.2) is 55.1 Å². The van der Waals surface area contributed by atoms with Gasteiger partial charge < -0.3 is 5.11 Å². The summed E-state index contributed by atoms with van der Waals surface area (Å²) >= 11 is 0. The van der Waals surface area contributed by atoms with Crippen molar-refractivity contribution in [1.29, 1.82) is 0 Å². The van der Waals surface area contributed by atoms with Crippen molar-refractivity contribution in [2.45, 2.75) is 51.1 Å². The molecule has 1 saturated heterocycles. The number of hydrogen-bond donors (Lipinski definition) is 1. The van der Waals surface area contributed by atoms with Crippen LogP contribution in [0.5, 0.6) is 0 Å². The van der Waals surface area contributed by atoms with Gasteiger partial charge in [0.25, 0.3) is 0 Å². The first kappa shape index (κ1) is 15.2. The summed E-state index contributed by atoms with van der Waals surface area (Å²) in [5.74, 6) is 0.643. The van der Waals surface area contributed by atoms with Crippen LogP contribution in [0.4, 0.5) is 13.2 Å². The molecule has 0 atom stereocenters. The van der Waals surface area contributed by atoms with Crippen molar-refractivity contribution in [3.8, 4) is 0 Å². The van der Waals surface area contributed by atoms with Crippen LogP contribution in [-0.2, 0) is 13.1 Å². The van der Waals surface area contributed by atoms with E-state index in [-0.39, 0.29) is 25.9 Å². The topological polar surface area (TPSA) is 67.1 Å². The zero-order valence-electron chi connectivity index (χ0n) is 11.3. The summed E-state index contributed by atoms with van der Waals surface area (Å²) in [6.45, 7) is 3.43. The molecule has 0 amide bonds. The van der Waals surface area contributed by atoms with Crippen LogP contribution in [0.1, 0.15) is 32.0 Å². The van der Waals surface area contributed by atoms with Gasteiger partial charge in [0.05, 0.1) is 6.54 Å². The summed E-state index contributed by atoms with van der Waals surface area (Å²) in [5.41, 5.74) is -2.56. The molecule has 0 aromatic carbocycles. The molecule has 1 fully saturated rings. The molecule has 0 unspecified atom stereocenters. The zero-order chi connectivity index (χ0) is 14.8. The number of aromatic nitrogens is 4. The summed E-state index contributed by atoms with van der Waals surface area (Å²) in [6, 6.07) is 0. The molecule has 0 aliphatic carbocycles. The third kappa shape index (κ3) is 3.09. The summed E-state index contributed by atoms with van der Waals surface area (Å²) in [4.78, 5) is 1.83. The van der Waals surface area contributed by atoms with Gasteiger partial charge in [-0.05, 0) is 29.7 Å². The maximum Gasteiger partial charge on any atom is 0.417 e. The predicted octanol–water partition coefficient (Wildman–Crippen LogP) is 0.972. The van der Waals surface area contributed by atoms with E-state index in [4.69, 9.17) is 0 Å². The lowest BCUT2D eigenvalue weighted by Gasteiger charge is -2.38. The number of nitrogens with zero attached hydrogens (tertiary/aromatic N) is 5. The number of piperidine rings is 1. The fraction of sp³-hybridized carbons (Fsp3) is 0.909. The van der Waals surface area contributed by atoms with Crippen LogP contribution in [0.25, 0.3) is 0 Å². The third-order valence-corrected chi connectivity index (χ3v) is 3.62. The molecule has 1 N–H and O–H groups in total. The molecule has 1 aliphatic rings. The maximum atomic E-state index is 12.7. The molecule has 1 aromatic rings. The summed E-state index contributed by atoms with van der Waals surface area (Å²) in [5, 5.41) is 20.9. The number of tetrazole rings is 1. The minimum atomic E-state index is -4.57. The van der Waals surface area contributed by atoms with Gasteiger partial charge in [-0.15, -0.1) is 5.10 Å². The predicted molar refractivity (Wildman–Crippen MR) is 63.6 cm³/mol. The van der Waals surface area contributed by atoms with E-state index < -0.39 is 11.8 Å². The number of alkyl halides is 3. The van der Waals surface area contributed by atoms with E-state index in [1.807, 2.05) is 11.8 Å². The Morgan fingerprint density at radius 2 is 1.95 bits per heavy atom. The quantitative estimate of drug-likeness (QED) is 0.896. The first-order chi connectivity index (χ1) is 9.36. The van der Waals surface area contributed by atoms with Crippen molar-refractivity contribution >= 4 is 0 Å². The monoisotopic (exact) mass is 293 g/mol. The van der Waals surface area contributed by atoms with E-state index in [1.165, 1.54) is 0 Å². The van der Waals surface area contributed by atoms with E-state index in [9.17, 15) is 18.3 Å². The van der Waals surface area contributed by atoms with Gasteiger partial charge in [-0.25, -0.2) is 4.68 Å². The van der Waals surface area contributed by atoms with Crippen molar-refractivity contribution in [3.63, 3.8) is 0 Å². The van der Waals surface area contributed by atoms with Crippen LogP contribution in [0.3, 0.4) is 0 Å². The number of aryl methyl sites for hydroxylation is 1. The van der Waals surface area contributed by atoms with E-state index >= 15 is 0 Å². The normalized spacial score (nSPS) is 20.2. The lowest BCUT2D eigenvalue weighted by Crippen LogP contribution is -2.53. The van der Waals surface area contributed by atoms with Gasteiger partial charge in [0, 0.05) is 19.6 Å². The number of aliphatic hydroxyl groups is 1. The number of rotatable bonds is 4. The highest BCUT2D eigenvalue weighted by Gasteiger charge is 2.54. The Bertz CT molecular complexity index is 440. The van der Waals surface area contributed by atoms with Crippen LogP contribution >= 0.6 is 0 Å². The highest BCUT2D eigenvalue weighted by molar-refractivity contribution is 4.93. The van der Waals surface area contributed by atoms with Gasteiger partial charge in [0.2, 0.25) is 0 Å². The largest absolute Gasteiger partial charge is 0.417 e. The Kier molecular flexibility index (Phi) is 4.28. The SMILES string of the molecule is CCCn1nnnc1CN1CCC(O)(C(F)(F)F)CC1. The van der Waals surface area contributed by atoms with Crippen molar-refractivity contribution in [2.24, 2.45) is 0 Å². The van der Waals surface area contributed by atoms with Crippen molar-refractivity contribution in [2.75, 3.05) is 13.1 Å². The van der Waals surface area contributed by atoms with E-state index in [1.54, 1.807) is 4.68 Å². The number of likely N-dealkylation sites (tertiary alicyclic amines) is 1. The van der Waals surface area contributed by atoms with Crippen molar-refractivity contribution in [1.82, 2.24) is 25.1 Å². The second-order valence-electron chi connectivity index (χ2n) is 5.12. The van der Waals surface area contributed by atoms with Gasteiger partial charge in [0.15, 0.2) is 11.4 Å². The van der Waals surface area contributed by atoms with Crippen LogP contribution in [0, 0.1) is 0 Å². The number of halogens is 3. The minimum absolute atomic E-state index is 0.176. The van der Waals surface area contributed by atoms with E-state index in [0.29, 0.717) is 18.9 Å². The Labute approximate surface area is 114 Å². The van der Waals surface area contributed by atoms with Crippen molar-refractivity contribution < 1.29 is 18.3 Å². The highest BCUT2D eigenvalue weighted by atomic mass is 19.4. The lowest BCUT2D eigenvalue weighted by atomic mass is 9.91. The molecule has 6 nitrogen and oxygen atoms in total. The fourth-order valence-corrected chi connectivity index (χ4v) is 2.29. The van der Waals surface area contributed by atoms with Crippen molar-refractivity contribution in [3.05, 3.63) is 5.82 Å². The first-order valence-corrected chi connectivity index (χ1v) is 6.62. The minimum Gasteiger partial charge on any atom is -0.380 e. The molecule has 114 valence electrons. The first-order valence-electron chi connectivity index (χ1n) is 6.62. The van der Waals surface area contributed by atoms with Gasteiger partial charge in [-0.1, -0.05) is 6.92 Å². The zero-order valence-corrected chi connectivity index (χ0v) is 11.3. The Balaban J connectivity index is 1.93. The van der Waals surface area contributed by atoms with Gasteiger partial charge in [-0.2, -0.15) is 13.2 Å². The molecular weight excluding hydrogens is 275 g/mol. The second kappa shape index (κ2) is 5.65. The Morgan fingerprint density at radius 3 is 2.50 bits per heavy atom. The van der Waals surface area contributed by atoms with Crippen LogP contribution in [0.2, 0.25) is 0 Å². The summed E-state index contributed by atoms with van der Waals surface area (Å²) in [7, 11) is 0. The lowest BCUT2D eigenvalue weighted by molar-refractivity contribution is -0.273. The molecule has 20 heavy (non-hydrogen) atoms. The standard InChI is InChI=1S/C11H18F3N5O/c1-2-5-19-9(15-16-17-19)8-18-6-3-10(20,4-7-18)11(12,13)14/h20H,2-8H2,1H3. The Hall–Kier alpha value is -1.22. The highest BCUT2D eigenvalue weighted by Crippen LogP contribution is 2.38. The average molecular weight is 293 g/mol. The molecule has 2 heterocycles. The molecule has 0 bridgehead atoms. The maximum absolute atomic E-state index is 12.7. The fourth-order valence-electron chi connectivity index (χ4n) is 2.29. The average Bonchev–Trinajstić information content (AvgIpc) is 2.79. The van der Waals surface area contributed by atoms with Crippen LogP contribution < -0.4 is 0 Å². The third-order valence-electron chi connectivity index (χ3n) is 3.62. The molecule has 0 saturated carbocycles. The molecule has 2 rings (SSSR count). The van der Waals surface area contributed by atoms with E-state index in [0.717, 1.165) is 6.42 Å². The van der Waals surface area contributed by atoms with E-state index in [2.05, 4.69) is 15.5 Å². The smallest absolute Gasteiger partial charge is 0.380 e. The summed E-state index contributed by atoms with van der Waals surface area (Å²) < 4.78 is 39.7. The molecular formula is C11H18F3N5O. The summed E-state index contributed by atoms with van der Waals surface area (Å²) in [6.07, 6.45) is -4.31. The molecule has 1 aromatic heterocycles. The molecule has 0 spiro atoms. The van der Waals surface area contributed by atoms with Gasteiger partial charge in [0.1, 0.15) is 0 Å². The molecule has 9 heteroatoms. The second-order valence-corrected chi connectivity index (χ2v) is 5.12. The number of hydrogen-bond acceptors (Lipinski definition) is 5. The van der Waals surface area contributed by atoms with Crippen LogP contribution in [0.15, 0.2) is 0 Å².